The molecule has 2 aromatic carbocycles. The third kappa shape index (κ3) is 3.57. The summed E-state index contributed by atoms with van der Waals surface area (Å²) < 4.78 is 53.1. The second-order valence-corrected chi connectivity index (χ2v) is 7.36. The van der Waals surface area contributed by atoms with Crippen molar-refractivity contribution in [3.63, 3.8) is 0 Å². The highest BCUT2D eigenvalue weighted by Gasteiger charge is 2.53. The zero-order valence-electron chi connectivity index (χ0n) is 15.1. The van der Waals surface area contributed by atoms with Gasteiger partial charge in [-0.3, -0.25) is 0 Å². The van der Waals surface area contributed by atoms with Crippen molar-refractivity contribution in [3.05, 3.63) is 65.4 Å². The van der Waals surface area contributed by atoms with Gasteiger partial charge in [0.25, 0.3) is 0 Å². The van der Waals surface area contributed by atoms with Crippen molar-refractivity contribution in [1.29, 1.82) is 0 Å². The van der Waals surface area contributed by atoms with Gasteiger partial charge in [-0.25, -0.2) is 13.2 Å². The van der Waals surface area contributed by atoms with E-state index in [0.717, 1.165) is 6.08 Å². The molecular formula is C20H20BF3O2. The molecule has 136 valence electrons. The van der Waals surface area contributed by atoms with Crippen molar-refractivity contribution in [2.24, 2.45) is 0 Å². The number of halogens is 3. The molecule has 26 heavy (non-hydrogen) atoms. The van der Waals surface area contributed by atoms with Crippen LogP contribution < -0.4 is 0 Å². The van der Waals surface area contributed by atoms with Gasteiger partial charge in [-0.05, 0) is 69.2 Å². The van der Waals surface area contributed by atoms with E-state index in [-0.39, 0.29) is 11.4 Å². The second-order valence-electron chi connectivity index (χ2n) is 7.36. The smallest absolute Gasteiger partial charge is 0.398 e. The molecule has 1 aliphatic rings. The maximum Gasteiger partial charge on any atom is 0.525 e. The maximum absolute atomic E-state index is 14.6. The van der Waals surface area contributed by atoms with Crippen molar-refractivity contribution in [2.75, 3.05) is 0 Å². The van der Waals surface area contributed by atoms with Crippen LogP contribution in [0.1, 0.15) is 33.3 Å². The minimum atomic E-state index is -1.19. The van der Waals surface area contributed by atoms with Crippen molar-refractivity contribution in [2.45, 2.75) is 38.9 Å². The summed E-state index contributed by atoms with van der Waals surface area (Å²) in [5.41, 5.74) is -0.649. The molecular weight excluding hydrogens is 340 g/mol. The van der Waals surface area contributed by atoms with Crippen LogP contribution in [0.3, 0.4) is 0 Å². The summed E-state index contributed by atoms with van der Waals surface area (Å²) in [4.78, 5) is 0. The van der Waals surface area contributed by atoms with E-state index >= 15 is 0 Å². The second kappa shape index (κ2) is 6.60. The summed E-state index contributed by atoms with van der Waals surface area (Å²) in [5, 5.41) is 0. The summed E-state index contributed by atoms with van der Waals surface area (Å²) in [5.74, 6) is -0.926. The summed E-state index contributed by atoms with van der Waals surface area (Å²) in [6.07, 6.45) is 1.07. The Morgan fingerprint density at radius 2 is 1.42 bits per heavy atom. The van der Waals surface area contributed by atoms with E-state index in [9.17, 15) is 13.2 Å². The van der Waals surface area contributed by atoms with Crippen LogP contribution in [0.5, 0.6) is 0 Å². The zero-order chi connectivity index (χ0) is 19.1. The van der Waals surface area contributed by atoms with E-state index in [2.05, 4.69) is 0 Å². The molecule has 3 rings (SSSR count). The van der Waals surface area contributed by atoms with Gasteiger partial charge >= 0.3 is 7.12 Å². The molecule has 6 heteroatoms. The minimum absolute atomic E-state index is 0.0686. The van der Waals surface area contributed by atoms with E-state index in [1.807, 2.05) is 27.7 Å². The van der Waals surface area contributed by atoms with Crippen LogP contribution in [0.2, 0.25) is 0 Å². The molecule has 1 heterocycles. The Morgan fingerprint density at radius 3 is 2.00 bits per heavy atom. The first kappa shape index (κ1) is 18.7. The zero-order valence-corrected chi connectivity index (χ0v) is 15.1. The number of hydrogen-bond acceptors (Lipinski definition) is 2. The highest BCUT2D eigenvalue weighted by atomic mass is 19.1. The summed E-state index contributed by atoms with van der Waals surface area (Å²) in [6.45, 7) is 7.26. The minimum Gasteiger partial charge on any atom is -0.398 e. The molecule has 1 saturated heterocycles. The summed E-state index contributed by atoms with van der Waals surface area (Å²) in [6, 6.07) is 10.1. The largest absolute Gasteiger partial charge is 0.525 e. The lowest BCUT2D eigenvalue weighted by Gasteiger charge is -2.32. The molecule has 2 nitrogen and oxygen atoms in total. The van der Waals surface area contributed by atoms with Gasteiger partial charge in [-0.1, -0.05) is 18.2 Å². The van der Waals surface area contributed by atoms with E-state index < -0.39 is 29.9 Å². The Balaban J connectivity index is 1.91. The Bertz CT molecular complexity index is 829. The average molecular weight is 360 g/mol. The Kier molecular flexibility index (Phi) is 4.75. The molecule has 2 aromatic rings. The highest BCUT2D eigenvalue weighted by molar-refractivity contribution is 6.54. The molecule has 1 aliphatic heterocycles. The molecule has 1 fully saturated rings. The van der Waals surface area contributed by atoms with Gasteiger partial charge in [0.05, 0.1) is 11.2 Å². The van der Waals surface area contributed by atoms with Crippen LogP contribution in [0.4, 0.5) is 13.2 Å². The average Bonchev–Trinajstić information content (AvgIpc) is 2.78. The van der Waals surface area contributed by atoms with Crippen molar-refractivity contribution in [1.82, 2.24) is 0 Å². The SMILES string of the molecule is CC1(C)OB(C(F)=Cc2cc(-c3ccc(F)cc3)ccc2F)OC1(C)C. The van der Waals surface area contributed by atoms with Crippen LogP contribution in [0.15, 0.2) is 48.2 Å². The quantitative estimate of drug-likeness (QED) is 0.666. The van der Waals surface area contributed by atoms with Gasteiger partial charge < -0.3 is 9.31 Å². The molecule has 0 N–H and O–H groups in total. The fourth-order valence-electron chi connectivity index (χ4n) is 2.65. The Labute approximate surface area is 151 Å². The first-order chi connectivity index (χ1) is 12.1. The lowest BCUT2D eigenvalue weighted by molar-refractivity contribution is 0.00578. The molecule has 0 aliphatic carbocycles. The van der Waals surface area contributed by atoms with Gasteiger partial charge in [0, 0.05) is 5.56 Å². The fraction of sp³-hybridized carbons (Fsp3) is 0.300. The molecule has 0 amide bonds. The van der Waals surface area contributed by atoms with E-state index in [1.54, 1.807) is 18.2 Å². The summed E-state index contributed by atoms with van der Waals surface area (Å²) in [7, 11) is -1.19. The molecule has 0 radical (unpaired) electrons. The van der Waals surface area contributed by atoms with Gasteiger partial charge in [0.1, 0.15) is 17.4 Å². The van der Waals surface area contributed by atoms with E-state index in [4.69, 9.17) is 9.31 Å². The van der Waals surface area contributed by atoms with Crippen molar-refractivity contribution in [3.8, 4) is 11.1 Å². The molecule has 0 unspecified atom stereocenters. The normalized spacial score (nSPS) is 19.0. The standard InChI is InChI=1S/C20H20BF3O2/c1-19(2)20(3,4)26-21(25-19)18(24)12-15-11-14(7-10-17(15)23)13-5-8-16(22)9-6-13/h5-12H,1-4H3. The van der Waals surface area contributed by atoms with Gasteiger partial charge in [-0.15, -0.1) is 0 Å². The molecule has 0 saturated carbocycles. The van der Waals surface area contributed by atoms with Crippen LogP contribution in [0.25, 0.3) is 17.2 Å². The number of benzene rings is 2. The van der Waals surface area contributed by atoms with Crippen LogP contribution in [0, 0.1) is 11.6 Å². The Hall–Kier alpha value is -2.05. The highest BCUT2D eigenvalue weighted by Crippen LogP contribution is 2.39. The van der Waals surface area contributed by atoms with Crippen LogP contribution >= 0.6 is 0 Å². The molecule has 0 atom stereocenters. The fourth-order valence-corrected chi connectivity index (χ4v) is 2.65. The Morgan fingerprint density at radius 1 is 0.885 bits per heavy atom. The third-order valence-corrected chi connectivity index (χ3v) is 4.95. The van der Waals surface area contributed by atoms with Gasteiger partial charge in [0.2, 0.25) is 0 Å². The monoisotopic (exact) mass is 360 g/mol. The first-order valence-corrected chi connectivity index (χ1v) is 8.37. The predicted octanol–water partition coefficient (Wildman–Crippen LogP) is 5.57. The number of rotatable bonds is 3. The van der Waals surface area contributed by atoms with E-state index in [0.29, 0.717) is 11.1 Å². The van der Waals surface area contributed by atoms with Crippen molar-refractivity contribution < 1.29 is 22.5 Å². The maximum atomic E-state index is 14.6. The lowest BCUT2D eigenvalue weighted by atomic mass is 9.86. The number of hydrogen-bond donors (Lipinski definition) is 0. The van der Waals surface area contributed by atoms with Crippen LogP contribution in [-0.2, 0) is 9.31 Å². The molecule has 0 spiro atoms. The van der Waals surface area contributed by atoms with Crippen LogP contribution in [-0.4, -0.2) is 18.3 Å². The molecule has 0 bridgehead atoms. The van der Waals surface area contributed by atoms with E-state index in [1.165, 1.54) is 24.3 Å². The predicted molar refractivity (Wildman–Crippen MR) is 97.0 cm³/mol. The first-order valence-electron chi connectivity index (χ1n) is 8.37. The van der Waals surface area contributed by atoms with Gasteiger partial charge in [0.15, 0.2) is 0 Å². The lowest BCUT2D eigenvalue weighted by Crippen LogP contribution is -2.41. The topological polar surface area (TPSA) is 18.5 Å². The molecule has 0 aromatic heterocycles. The van der Waals surface area contributed by atoms with Crippen molar-refractivity contribution >= 4 is 13.2 Å². The third-order valence-electron chi connectivity index (χ3n) is 4.95. The summed E-state index contributed by atoms with van der Waals surface area (Å²) >= 11 is 0. The van der Waals surface area contributed by atoms with Gasteiger partial charge in [-0.2, -0.15) is 0 Å².